The minimum Gasteiger partial charge on any atom is -0.316 e. The Bertz CT molecular complexity index is 910. The van der Waals surface area contributed by atoms with Crippen LogP contribution in [0.25, 0.3) is 0 Å². The summed E-state index contributed by atoms with van der Waals surface area (Å²) in [5.74, 6) is -0.807. The van der Waals surface area contributed by atoms with Crippen LogP contribution >= 0.6 is 0 Å². The molecule has 2 aromatic carbocycles. The molecule has 2 rings (SSSR count). The molecule has 25 heavy (non-hydrogen) atoms. The van der Waals surface area contributed by atoms with E-state index in [2.05, 4.69) is 5.32 Å². The molecule has 2 aromatic rings. The molecular formula is C14H10N4O7. The topological polar surface area (TPSA) is 159 Å². The van der Waals surface area contributed by atoms with Gasteiger partial charge in [0.05, 0.1) is 20.8 Å². The van der Waals surface area contributed by atoms with Crippen molar-refractivity contribution in [1.82, 2.24) is 0 Å². The first-order valence-corrected chi connectivity index (χ1v) is 6.70. The zero-order chi connectivity index (χ0) is 18.7. The van der Waals surface area contributed by atoms with E-state index in [1.54, 1.807) is 0 Å². The van der Waals surface area contributed by atoms with Crippen molar-refractivity contribution in [2.45, 2.75) is 6.92 Å². The molecule has 0 saturated heterocycles. The largest absolute Gasteiger partial charge is 0.316 e. The maximum Gasteiger partial charge on any atom is 0.299 e. The van der Waals surface area contributed by atoms with Gasteiger partial charge < -0.3 is 5.32 Å². The Kier molecular flexibility index (Phi) is 4.68. The number of non-ortho nitro benzene ring substituents is 1. The Morgan fingerprint density at radius 1 is 0.920 bits per heavy atom. The molecule has 0 unspecified atom stereocenters. The normalized spacial score (nSPS) is 10.1. The third-order valence-corrected chi connectivity index (χ3v) is 3.38. The predicted molar refractivity (Wildman–Crippen MR) is 85.5 cm³/mol. The van der Waals surface area contributed by atoms with Crippen molar-refractivity contribution in [3.05, 3.63) is 77.9 Å². The van der Waals surface area contributed by atoms with Gasteiger partial charge in [0.2, 0.25) is 0 Å². The van der Waals surface area contributed by atoms with Crippen molar-refractivity contribution >= 4 is 28.7 Å². The Hall–Kier alpha value is -3.89. The minimum absolute atomic E-state index is 0.0400. The fraction of sp³-hybridized carbons (Fsp3) is 0.0714. The lowest BCUT2D eigenvalue weighted by Crippen LogP contribution is -2.15. The monoisotopic (exact) mass is 346 g/mol. The quantitative estimate of drug-likeness (QED) is 0.643. The third kappa shape index (κ3) is 3.55. The summed E-state index contributed by atoms with van der Waals surface area (Å²) in [6.07, 6.45) is 0. The highest BCUT2D eigenvalue weighted by Gasteiger charge is 2.23. The van der Waals surface area contributed by atoms with E-state index in [1.807, 2.05) is 0 Å². The highest BCUT2D eigenvalue weighted by Crippen LogP contribution is 2.30. The molecule has 0 fully saturated rings. The van der Waals surface area contributed by atoms with Crippen LogP contribution < -0.4 is 5.32 Å². The fourth-order valence-electron chi connectivity index (χ4n) is 2.15. The molecule has 0 radical (unpaired) electrons. The van der Waals surface area contributed by atoms with Gasteiger partial charge in [0, 0.05) is 23.3 Å². The second kappa shape index (κ2) is 6.70. The number of nitrogens with zero attached hydrogens (tertiary/aromatic N) is 3. The number of amides is 1. The van der Waals surface area contributed by atoms with Gasteiger partial charge in [-0.3, -0.25) is 35.1 Å². The van der Waals surface area contributed by atoms with Gasteiger partial charge in [0.1, 0.15) is 5.69 Å². The zero-order valence-corrected chi connectivity index (χ0v) is 12.7. The Balaban J connectivity index is 2.42. The maximum absolute atomic E-state index is 12.3. The molecule has 0 saturated carbocycles. The third-order valence-electron chi connectivity index (χ3n) is 3.38. The van der Waals surface area contributed by atoms with Crippen LogP contribution in [0.2, 0.25) is 0 Å². The SMILES string of the molecule is Cc1c(C(=O)Nc2ccc([N+](=O)[O-])cc2[N+](=O)[O-])cccc1[N+](=O)[O-]. The Morgan fingerprint density at radius 3 is 2.12 bits per heavy atom. The first-order valence-electron chi connectivity index (χ1n) is 6.70. The second-order valence-electron chi connectivity index (χ2n) is 4.88. The average Bonchev–Trinajstić information content (AvgIpc) is 2.54. The molecule has 11 nitrogen and oxygen atoms in total. The number of nitrogens with one attached hydrogen (secondary N) is 1. The number of rotatable bonds is 5. The van der Waals surface area contributed by atoms with E-state index < -0.39 is 32.1 Å². The highest BCUT2D eigenvalue weighted by atomic mass is 16.6. The van der Waals surface area contributed by atoms with Crippen LogP contribution in [0, 0.1) is 37.3 Å². The highest BCUT2D eigenvalue weighted by molar-refractivity contribution is 6.07. The molecule has 0 aliphatic rings. The summed E-state index contributed by atoms with van der Waals surface area (Å²) in [6, 6.07) is 6.61. The number of anilines is 1. The van der Waals surface area contributed by atoms with Crippen LogP contribution in [-0.2, 0) is 0 Å². The van der Waals surface area contributed by atoms with Crippen molar-refractivity contribution in [3.63, 3.8) is 0 Å². The molecule has 0 aliphatic heterocycles. The number of carbonyl (C=O) groups excluding carboxylic acids is 1. The van der Waals surface area contributed by atoms with Gasteiger partial charge >= 0.3 is 0 Å². The number of nitro groups is 3. The molecule has 1 N–H and O–H groups in total. The maximum atomic E-state index is 12.3. The zero-order valence-electron chi connectivity index (χ0n) is 12.7. The van der Waals surface area contributed by atoms with E-state index in [4.69, 9.17) is 0 Å². The van der Waals surface area contributed by atoms with Crippen LogP contribution in [0.1, 0.15) is 15.9 Å². The summed E-state index contributed by atoms with van der Waals surface area (Å²) in [5.41, 5.74) is -1.64. The summed E-state index contributed by atoms with van der Waals surface area (Å²) in [4.78, 5) is 42.7. The Morgan fingerprint density at radius 2 is 1.56 bits per heavy atom. The molecule has 11 heteroatoms. The van der Waals surface area contributed by atoms with Gasteiger partial charge in [0.15, 0.2) is 0 Å². The van der Waals surface area contributed by atoms with Crippen LogP contribution in [0.4, 0.5) is 22.7 Å². The first-order chi connectivity index (χ1) is 11.7. The predicted octanol–water partition coefficient (Wildman–Crippen LogP) is 2.97. The van der Waals surface area contributed by atoms with Crippen molar-refractivity contribution in [3.8, 4) is 0 Å². The van der Waals surface area contributed by atoms with Crippen molar-refractivity contribution in [1.29, 1.82) is 0 Å². The standard InChI is InChI=1S/C14H10N4O7/c1-8-10(3-2-4-12(8)17(22)23)14(19)15-11-6-5-9(16(20)21)7-13(11)18(24)25/h2-7H,1H3,(H,15,19). The van der Waals surface area contributed by atoms with E-state index in [-0.39, 0.29) is 22.5 Å². The molecule has 0 spiro atoms. The molecular weight excluding hydrogens is 336 g/mol. The van der Waals surface area contributed by atoms with Crippen LogP contribution in [0.5, 0.6) is 0 Å². The number of carbonyl (C=O) groups is 1. The van der Waals surface area contributed by atoms with Gasteiger partial charge in [0.25, 0.3) is 23.0 Å². The lowest BCUT2D eigenvalue weighted by molar-refractivity contribution is -0.393. The Labute approximate surface area is 139 Å². The molecule has 0 bridgehead atoms. The van der Waals surface area contributed by atoms with Gasteiger partial charge in [-0.25, -0.2) is 0 Å². The van der Waals surface area contributed by atoms with E-state index in [0.717, 1.165) is 18.2 Å². The summed E-state index contributed by atoms with van der Waals surface area (Å²) < 4.78 is 0. The second-order valence-corrected chi connectivity index (χ2v) is 4.88. The van der Waals surface area contributed by atoms with Crippen molar-refractivity contribution in [2.75, 3.05) is 5.32 Å². The van der Waals surface area contributed by atoms with E-state index in [0.29, 0.717) is 0 Å². The lowest BCUT2D eigenvalue weighted by atomic mass is 10.1. The molecule has 0 heterocycles. The molecule has 1 amide bonds. The molecule has 128 valence electrons. The smallest absolute Gasteiger partial charge is 0.299 e. The molecule has 0 aromatic heterocycles. The van der Waals surface area contributed by atoms with Crippen molar-refractivity contribution < 1.29 is 19.6 Å². The summed E-state index contributed by atoms with van der Waals surface area (Å²) in [5, 5.41) is 35.0. The van der Waals surface area contributed by atoms with E-state index in [9.17, 15) is 35.1 Å². The fourth-order valence-corrected chi connectivity index (χ4v) is 2.15. The number of hydrogen-bond acceptors (Lipinski definition) is 7. The number of benzene rings is 2. The van der Waals surface area contributed by atoms with Gasteiger partial charge in [-0.15, -0.1) is 0 Å². The van der Waals surface area contributed by atoms with Crippen LogP contribution in [-0.4, -0.2) is 20.7 Å². The van der Waals surface area contributed by atoms with Gasteiger partial charge in [-0.05, 0) is 19.1 Å². The number of nitro benzene ring substituents is 3. The van der Waals surface area contributed by atoms with Crippen LogP contribution in [0.3, 0.4) is 0 Å². The van der Waals surface area contributed by atoms with E-state index in [1.165, 1.54) is 25.1 Å². The number of hydrogen-bond donors (Lipinski definition) is 1. The molecule has 0 atom stereocenters. The molecule has 0 aliphatic carbocycles. The summed E-state index contributed by atoms with van der Waals surface area (Å²) in [6.45, 7) is 1.37. The summed E-state index contributed by atoms with van der Waals surface area (Å²) in [7, 11) is 0. The van der Waals surface area contributed by atoms with E-state index >= 15 is 0 Å². The average molecular weight is 346 g/mol. The lowest BCUT2D eigenvalue weighted by Gasteiger charge is -2.08. The first kappa shape index (κ1) is 17.5. The minimum atomic E-state index is -0.872. The van der Waals surface area contributed by atoms with Crippen LogP contribution in [0.15, 0.2) is 36.4 Å². The van der Waals surface area contributed by atoms with Gasteiger partial charge in [-0.1, -0.05) is 6.07 Å². The summed E-state index contributed by atoms with van der Waals surface area (Å²) >= 11 is 0. The van der Waals surface area contributed by atoms with Gasteiger partial charge in [-0.2, -0.15) is 0 Å². The van der Waals surface area contributed by atoms with Crippen molar-refractivity contribution in [2.24, 2.45) is 0 Å².